The number of rotatable bonds is 1. The molecule has 1 radical (unpaired) electrons. The van der Waals surface area contributed by atoms with Crippen molar-refractivity contribution in [2.24, 2.45) is 0 Å². The lowest BCUT2D eigenvalue weighted by Crippen LogP contribution is -2.00. The monoisotopic (exact) mass is 125 g/mol. The van der Waals surface area contributed by atoms with Gasteiger partial charge in [-0.1, -0.05) is 0 Å². The molecule has 5 heteroatoms. The molecule has 0 aliphatic rings. The number of carbonyl (C=O) groups excluding carboxylic acids is 1. The first-order valence-corrected chi connectivity index (χ1v) is 2.27. The Hall–Kier alpha value is -1.52. The SMILES string of the molecule is [NH]C(=O)c1c[nH]nc1N. The summed E-state index contributed by atoms with van der Waals surface area (Å²) in [6.07, 6.45) is 1.30. The number of hydrogen-bond acceptors (Lipinski definition) is 3. The van der Waals surface area contributed by atoms with Crippen molar-refractivity contribution >= 4 is 11.7 Å². The minimum absolute atomic E-state index is 0.0787. The van der Waals surface area contributed by atoms with E-state index in [1.54, 1.807) is 0 Å². The number of nitrogen functional groups attached to an aromatic ring is 1. The quantitative estimate of drug-likeness (QED) is 0.525. The summed E-state index contributed by atoms with van der Waals surface area (Å²) in [5.74, 6) is -0.740. The van der Waals surface area contributed by atoms with Gasteiger partial charge >= 0.3 is 0 Å². The highest BCUT2D eigenvalue weighted by Gasteiger charge is 2.06. The van der Waals surface area contributed by atoms with E-state index < -0.39 is 5.91 Å². The molecule has 0 saturated heterocycles. The highest BCUT2D eigenvalue weighted by Crippen LogP contribution is 2.03. The van der Waals surface area contributed by atoms with Crippen LogP contribution < -0.4 is 11.5 Å². The predicted molar refractivity (Wildman–Crippen MR) is 30.4 cm³/mol. The Bertz CT molecular complexity index is 228. The Labute approximate surface area is 51.0 Å². The number of aromatic amines is 1. The molecule has 0 aliphatic heterocycles. The Morgan fingerprint density at radius 2 is 2.56 bits per heavy atom. The van der Waals surface area contributed by atoms with E-state index in [0.29, 0.717) is 0 Å². The summed E-state index contributed by atoms with van der Waals surface area (Å²) in [6.45, 7) is 0. The molecule has 0 unspecified atom stereocenters. The van der Waals surface area contributed by atoms with E-state index in [-0.39, 0.29) is 11.4 Å². The molecular weight excluding hydrogens is 120 g/mol. The van der Waals surface area contributed by atoms with Crippen LogP contribution >= 0.6 is 0 Å². The lowest BCUT2D eigenvalue weighted by molar-refractivity contribution is 0.0993. The third-order valence-corrected chi connectivity index (χ3v) is 0.914. The molecule has 0 aliphatic carbocycles. The average molecular weight is 125 g/mol. The maximum Gasteiger partial charge on any atom is 0.275 e. The van der Waals surface area contributed by atoms with Gasteiger partial charge in [-0.05, 0) is 0 Å². The zero-order valence-electron chi connectivity index (χ0n) is 4.51. The zero-order valence-corrected chi connectivity index (χ0v) is 4.51. The number of nitrogens with one attached hydrogen (secondary N) is 2. The van der Waals surface area contributed by atoms with E-state index in [0.717, 1.165) is 0 Å². The second-order valence-corrected chi connectivity index (χ2v) is 1.51. The van der Waals surface area contributed by atoms with Gasteiger partial charge in [0.1, 0.15) is 5.56 Å². The zero-order chi connectivity index (χ0) is 6.85. The molecule has 0 aromatic carbocycles. The van der Waals surface area contributed by atoms with Gasteiger partial charge in [-0.15, -0.1) is 0 Å². The maximum absolute atomic E-state index is 10.3. The van der Waals surface area contributed by atoms with Crippen LogP contribution in [0.3, 0.4) is 0 Å². The third-order valence-electron chi connectivity index (χ3n) is 0.914. The topological polar surface area (TPSA) is 95.6 Å². The van der Waals surface area contributed by atoms with Crippen molar-refractivity contribution in [1.29, 1.82) is 0 Å². The molecule has 47 valence electrons. The first kappa shape index (κ1) is 5.61. The summed E-state index contributed by atoms with van der Waals surface area (Å²) in [5, 5.41) is 5.81. The number of amides is 1. The van der Waals surface area contributed by atoms with Crippen molar-refractivity contribution in [3.63, 3.8) is 0 Å². The molecule has 0 bridgehead atoms. The number of H-pyrrole nitrogens is 1. The van der Waals surface area contributed by atoms with Crippen LogP contribution in [0.1, 0.15) is 10.4 Å². The first-order valence-electron chi connectivity index (χ1n) is 2.27. The van der Waals surface area contributed by atoms with E-state index >= 15 is 0 Å². The normalized spacial score (nSPS) is 9.33. The van der Waals surface area contributed by atoms with E-state index in [9.17, 15) is 4.79 Å². The smallest absolute Gasteiger partial charge is 0.275 e. The average Bonchev–Trinajstić information content (AvgIpc) is 2.13. The van der Waals surface area contributed by atoms with E-state index in [4.69, 9.17) is 11.5 Å². The molecule has 4 N–H and O–H groups in total. The molecule has 0 fully saturated rings. The van der Waals surface area contributed by atoms with Crippen LogP contribution in [0, 0.1) is 0 Å². The molecule has 1 amide bonds. The van der Waals surface area contributed by atoms with Crippen molar-refractivity contribution in [3.8, 4) is 0 Å². The lowest BCUT2D eigenvalue weighted by Gasteiger charge is -1.84. The van der Waals surface area contributed by atoms with Gasteiger partial charge in [0.25, 0.3) is 5.91 Å². The fraction of sp³-hybridized carbons (Fsp3) is 0. The van der Waals surface area contributed by atoms with Crippen LogP contribution in [0.4, 0.5) is 5.82 Å². The van der Waals surface area contributed by atoms with Gasteiger partial charge in [-0.3, -0.25) is 15.6 Å². The minimum atomic E-state index is -0.818. The molecular formula is C4H5N4O. The molecule has 1 aromatic rings. The highest BCUT2D eigenvalue weighted by atomic mass is 16.1. The Morgan fingerprint density at radius 1 is 1.89 bits per heavy atom. The summed E-state index contributed by atoms with van der Waals surface area (Å²) in [4.78, 5) is 10.3. The van der Waals surface area contributed by atoms with Gasteiger partial charge in [-0.2, -0.15) is 5.10 Å². The lowest BCUT2D eigenvalue weighted by atomic mass is 10.3. The van der Waals surface area contributed by atoms with E-state index in [1.165, 1.54) is 6.20 Å². The second kappa shape index (κ2) is 1.77. The molecule has 1 aromatic heterocycles. The fourth-order valence-electron chi connectivity index (χ4n) is 0.482. The van der Waals surface area contributed by atoms with Crippen LogP contribution in [0.25, 0.3) is 0 Å². The largest absolute Gasteiger partial charge is 0.382 e. The van der Waals surface area contributed by atoms with Gasteiger partial charge in [0.2, 0.25) is 0 Å². The predicted octanol–water partition coefficient (Wildman–Crippen LogP) is -0.585. The molecule has 0 spiro atoms. The number of anilines is 1. The number of carbonyl (C=O) groups is 1. The summed E-state index contributed by atoms with van der Waals surface area (Å²) in [7, 11) is 0. The van der Waals surface area contributed by atoms with Crippen LogP contribution in [0.15, 0.2) is 6.20 Å². The molecule has 1 heterocycles. The van der Waals surface area contributed by atoms with Gasteiger partial charge in [0.05, 0.1) is 0 Å². The highest BCUT2D eigenvalue weighted by molar-refractivity contribution is 5.96. The molecule has 1 rings (SSSR count). The van der Waals surface area contributed by atoms with Crippen molar-refractivity contribution in [1.82, 2.24) is 15.9 Å². The Morgan fingerprint density at radius 3 is 2.78 bits per heavy atom. The van der Waals surface area contributed by atoms with Gasteiger partial charge in [0.15, 0.2) is 5.82 Å². The minimum Gasteiger partial charge on any atom is -0.382 e. The van der Waals surface area contributed by atoms with E-state index in [1.807, 2.05) is 0 Å². The van der Waals surface area contributed by atoms with Crippen molar-refractivity contribution < 1.29 is 4.79 Å². The van der Waals surface area contributed by atoms with Gasteiger partial charge in [-0.25, -0.2) is 0 Å². The van der Waals surface area contributed by atoms with Crippen LogP contribution in [-0.2, 0) is 0 Å². The molecule has 0 saturated carbocycles. The maximum atomic E-state index is 10.3. The second-order valence-electron chi connectivity index (χ2n) is 1.51. The van der Waals surface area contributed by atoms with Gasteiger partial charge < -0.3 is 5.73 Å². The van der Waals surface area contributed by atoms with Crippen LogP contribution in [0.2, 0.25) is 0 Å². The Balaban J connectivity index is 3.08. The standard InChI is InChI=1S/C4H5N4O/c5-3-2(4(6)9)1-7-8-3/h1,6H,(H3,5,7,8). The van der Waals surface area contributed by atoms with E-state index in [2.05, 4.69) is 10.2 Å². The molecule has 0 atom stereocenters. The molecule has 9 heavy (non-hydrogen) atoms. The first-order chi connectivity index (χ1) is 4.22. The summed E-state index contributed by atoms with van der Waals surface area (Å²) in [5.41, 5.74) is 11.9. The summed E-state index contributed by atoms with van der Waals surface area (Å²) in [6, 6.07) is 0. The number of nitrogens with zero attached hydrogens (tertiary/aromatic N) is 1. The van der Waals surface area contributed by atoms with Crippen LogP contribution in [-0.4, -0.2) is 16.1 Å². The van der Waals surface area contributed by atoms with Crippen molar-refractivity contribution in [2.75, 3.05) is 5.73 Å². The summed E-state index contributed by atoms with van der Waals surface area (Å²) < 4.78 is 0. The number of aromatic nitrogens is 2. The number of hydrogen-bond donors (Lipinski definition) is 2. The fourth-order valence-corrected chi connectivity index (χ4v) is 0.482. The van der Waals surface area contributed by atoms with Crippen molar-refractivity contribution in [2.45, 2.75) is 0 Å². The molecule has 5 nitrogen and oxygen atoms in total. The third kappa shape index (κ3) is 0.835. The number of nitrogens with two attached hydrogens (primary N) is 1. The van der Waals surface area contributed by atoms with Crippen LogP contribution in [0.5, 0.6) is 0 Å². The summed E-state index contributed by atoms with van der Waals surface area (Å²) >= 11 is 0. The van der Waals surface area contributed by atoms with Gasteiger partial charge in [0, 0.05) is 6.20 Å². The Kier molecular flexibility index (Phi) is 1.11. The van der Waals surface area contributed by atoms with Crippen molar-refractivity contribution in [3.05, 3.63) is 11.8 Å².